The van der Waals surface area contributed by atoms with Gasteiger partial charge in [0, 0.05) is 0 Å². The Morgan fingerprint density at radius 3 is 2.36 bits per heavy atom. The summed E-state index contributed by atoms with van der Waals surface area (Å²) < 4.78 is 0. The van der Waals surface area contributed by atoms with Crippen LogP contribution in [0.4, 0.5) is 0 Å². The largest absolute Gasteiger partial charge is 0.295 e. The van der Waals surface area contributed by atoms with Crippen LogP contribution in [0.25, 0.3) is 0 Å². The van der Waals surface area contributed by atoms with Crippen molar-refractivity contribution in [1.29, 1.82) is 0 Å². The van der Waals surface area contributed by atoms with Crippen molar-refractivity contribution < 1.29 is 4.79 Å². The van der Waals surface area contributed by atoms with Crippen LogP contribution in [0.2, 0.25) is 0 Å². The summed E-state index contributed by atoms with van der Waals surface area (Å²) in [5, 5.41) is 0. The van der Waals surface area contributed by atoms with Crippen molar-refractivity contribution in [3.8, 4) is 0 Å². The van der Waals surface area contributed by atoms with Gasteiger partial charge in [-0.05, 0) is 43.6 Å². The third-order valence-corrected chi connectivity index (χ3v) is 2.28. The fourth-order valence-corrected chi connectivity index (χ4v) is 1.26. The van der Waals surface area contributed by atoms with E-state index in [9.17, 15) is 4.79 Å². The fraction of sp³-hybridized carbons (Fsp3) is 0.769. The van der Waals surface area contributed by atoms with Crippen LogP contribution in [-0.4, -0.2) is 5.78 Å². The van der Waals surface area contributed by atoms with Gasteiger partial charge < -0.3 is 0 Å². The van der Waals surface area contributed by atoms with E-state index in [0.29, 0.717) is 11.3 Å². The molecule has 0 aromatic rings. The molecule has 0 fully saturated rings. The smallest absolute Gasteiger partial charge is 0.152 e. The molecule has 1 atom stereocenters. The minimum atomic E-state index is 0.146. The molecule has 14 heavy (non-hydrogen) atoms. The maximum absolute atomic E-state index is 10.7. The Morgan fingerprint density at radius 2 is 1.93 bits per heavy atom. The maximum atomic E-state index is 10.7. The molecule has 0 saturated carbocycles. The molecule has 0 aliphatic carbocycles. The molecule has 1 unspecified atom stereocenters. The van der Waals surface area contributed by atoms with Crippen LogP contribution in [0, 0.1) is 11.3 Å². The van der Waals surface area contributed by atoms with Crippen LogP contribution in [0.1, 0.15) is 53.9 Å². The summed E-state index contributed by atoms with van der Waals surface area (Å²) in [6, 6.07) is 0. The number of allylic oxidation sites excluding steroid dienone is 2. The first-order valence-corrected chi connectivity index (χ1v) is 5.48. The van der Waals surface area contributed by atoms with E-state index in [1.165, 1.54) is 12.8 Å². The van der Waals surface area contributed by atoms with E-state index >= 15 is 0 Å². The Labute approximate surface area is 88.6 Å². The summed E-state index contributed by atoms with van der Waals surface area (Å²) in [5.74, 6) is 0.831. The van der Waals surface area contributed by atoms with Gasteiger partial charge in [0.15, 0.2) is 5.78 Å². The molecule has 0 spiro atoms. The number of carbonyl (C=O) groups is 1. The van der Waals surface area contributed by atoms with Crippen molar-refractivity contribution in [2.75, 3.05) is 0 Å². The van der Waals surface area contributed by atoms with Crippen molar-refractivity contribution in [1.82, 2.24) is 0 Å². The second-order valence-corrected chi connectivity index (χ2v) is 5.45. The molecule has 0 N–H and O–H groups in total. The molecule has 0 rings (SSSR count). The molecule has 0 bridgehead atoms. The zero-order valence-electron chi connectivity index (χ0n) is 10.3. The molecule has 0 aliphatic heterocycles. The highest BCUT2D eigenvalue weighted by Gasteiger charge is 2.11. The predicted octanol–water partition coefficient (Wildman–Crippen LogP) is 3.98. The fourth-order valence-electron chi connectivity index (χ4n) is 1.26. The standard InChI is InChI=1S/C13H24O/c1-11(7-6-8-12(2)14)9-10-13(3,4)5/h6,8,11H,7,9-10H2,1-5H3. The number of rotatable bonds is 5. The Morgan fingerprint density at radius 1 is 1.36 bits per heavy atom. The molecule has 0 heterocycles. The number of hydrogen-bond donors (Lipinski definition) is 0. The van der Waals surface area contributed by atoms with Crippen LogP contribution in [0.15, 0.2) is 12.2 Å². The average Bonchev–Trinajstić information content (AvgIpc) is 1.99. The molecule has 0 saturated heterocycles. The van der Waals surface area contributed by atoms with Crippen molar-refractivity contribution in [3.63, 3.8) is 0 Å². The van der Waals surface area contributed by atoms with Gasteiger partial charge >= 0.3 is 0 Å². The van der Waals surface area contributed by atoms with Crippen LogP contribution >= 0.6 is 0 Å². The van der Waals surface area contributed by atoms with Crippen molar-refractivity contribution in [2.45, 2.75) is 53.9 Å². The molecule has 0 radical (unpaired) electrons. The van der Waals surface area contributed by atoms with Crippen molar-refractivity contribution in [3.05, 3.63) is 12.2 Å². The number of hydrogen-bond acceptors (Lipinski definition) is 1. The van der Waals surface area contributed by atoms with Gasteiger partial charge in [0.2, 0.25) is 0 Å². The highest BCUT2D eigenvalue weighted by Crippen LogP contribution is 2.24. The lowest BCUT2D eigenvalue weighted by molar-refractivity contribution is -0.112. The number of ketones is 1. The molecular formula is C13H24O. The monoisotopic (exact) mass is 196 g/mol. The van der Waals surface area contributed by atoms with Crippen LogP contribution in [0.3, 0.4) is 0 Å². The highest BCUT2D eigenvalue weighted by molar-refractivity contribution is 5.87. The first kappa shape index (κ1) is 13.4. The van der Waals surface area contributed by atoms with E-state index in [4.69, 9.17) is 0 Å². The second-order valence-electron chi connectivity index (χ2n) is 5.45. The zero-order valence-corrected chi connectivity index (χ0v) is 10.3. The Hall–Kier alpha value is -0.590. The lowest BCUT2D eigenvalue weighted by atomic mass is 9.86. The maximum Gasteiger partial charge on any atom is 0.152 e. The molecule has 0 aliphatic rings. The van der Waals surface area contributed by atoms with Gasteiger partial charge in [-0.1, -0.05) is 33.8 Å². The van der Waals surface area contributed by atoms with Gasteiger partial charge in [0.05, 0.1) is 0 Å². The third kappa shape index (κ3) is 9.50. The Bertz CT molecular complexity index is 196. The highest BCUT2D eigenvalue weighted by atomic mass is 16.1. The first-order valence-electron chi connectivity index (χ1n) is 5.48. The first-order chi connectivity index (χ1) is 6.31. The van der Waals surface area contributed by atoms with Crippen LogP contribution < -0.4 is 0 Å². The Kier molecular flexibility index (Phi) is 5.75. The van der Waals surface area contributed by atoms with Gasteiger partial charge in [0.25, 0.3) is 0 Å². The number of carbonyl (C=O) groups excluding carboxylic acids is 1. The van der Waals surface area contributed by atoms with Gasteiger partial charge in [-0.25, -0.2) is 0 Å². The van der Waals surface area contributed by atoms with Crippen LogP contribution in [0.5, 0.6) is 0 Å². The molecule has 0 aromatic carbocycles. The molecule has 1 nitrogen and oxygen atoms in total. The molecular weight excluding hydrogens is 172 g/mol. The summed E-state index contributed by atoms with van der Waals surface area (Å²) in [6.45, 7) is 10.6. The lowest BCUT2D eigenvalue weighted by Gasteiger charge is -2.20. The molecule has 0 amide bonds. The van der Waals surface area contributed by atoms with Crippen LogP contribution in [-0.2, 0) is 4.79 Å². The molecule has 82 valence electrons. The SMILES string of the molecule is CC(=O)C=CCC(C)CCC(C)(C)C. The minimum Gasteiger partial charge on any atom is -0.295 e. The van der Waals surface area contributed by atoms with E-state index in [1.807, 2.05) is 6.08 Å². The van der Waals surface area contributed by atoms with E-state index in [-0.39, 0.29) is 5.78 Å². The van der Waals surface area contributed by atoms with Gasteiger partial charge in [-0.2, -0.15) is 0 Å². The van der Waals surface area contributed by atoms with E-state index in [0.717, 1.165) is 6.42 Å². The molecule has 1 heteroatoms. The summed E-state index contributed by atoms with van der Waals surface area (Å²) in [5.41, 5.74) is 0.429. The topological polar surface area (TPSA) is 17.1 Å². The summed E-state index contributed by atoms with van der Waals surface area (Å²) in [4.78, 5) is 10.7. The minimum absolute atomic E-state index is 0.146. The quantitative estimate of drug-likeness (QED) is 0.608. The Balaban J connectivity index is 3.66. The normalized spacial score (nSPS) is 14.6. The lowest BCUT2D eigenvalue weighted by Crippen LogP contribution is -2.07. The van der Waals surface area contributed by atoms with Crippen molar-refractivity contribution >= 4 is 5.78 Å². The van der Waals surface area contributed by atoms with Gasteiger partial charge in [-0.3, -0.25) is 4.79 Å². The van der Waals surface area contributed by atoms with Gasteiger partial charge in [0.1, 0.15) is 0 Å². The van der Waals surface area contributed by atoms with E-state index in [2.05, 4.69) is 27.7 Å². The molecule has 0 aromatic heterocycles. The van der Waals surface area contributed by atoms with Crippen molar-refractivity contribution in [2.24, 2.45) is 11.3 Å². The van der Waals surface area contributed by atoms with E-state index in [1.54, 1.807) is 13.0 Å². The summed E-state index contributed by atoms with van der Waals surface area (Å²) >= 11 is 0. The average molecular weight is 196 g/mol. The summed E-state index contributed by atoms with van der Waals surface area (Å²) in [7, 11) is 0. The second kappa shape index (κ2) is 6.00. The predicted molar refractivity (Wildman–Crippen MR) is 62.3 cm³/mol. The van der Waals surface area contributed by atoms with Gasteiger partial charge in [-0.15, -0.1) is 0 Å². The van der Waals surface area contributed by atoms with E-state index < -0.39 is 0 Å². The zero-order chi connectivity index (χ0) is 11.2. The third-order valence-electron chi connectivity index (χ3n) is 2.28. The summed E-state index contributed by atoms with van der Waals surface area (Å²) in [6.07, 6.45) is 7.19.